The molecule has 1 aromatic heterocycles. The van der Waals surface area contributed by atoms with E-state index in [2.05, 4.69) is 0 Å². The van der Waals surface area contributed by atoms with Crippen LogP contribution in [0.25, 0.3) is 5.69 Å². The van der Waals surface area contributed by atoms with Crippen molar-refractivity contribution >= 4 is 27.4 Å². The van der Waals surface area contributed by atoms with E-state index >= 15 is 0 Å². The van der Waals surface area contributed by atoms with Crippen molar-refractivity contribution in [2.45, 2.75) is 4.90 Å². The zero-order valence-electron chi connectivity index (χ0n) is 9.87. The van der Waals surface area contributed by atoms with Crippen molar-refractivity contribution in [3.63, 3.8) is 0 Å². The van der Waals surface area contributed by atoms with Gasteiger partial charge in [-0.2, -0.15) is 0 Å². The van der Waals surface area contributed by atoms with E-state index in [0.29, 0.717) is 5.69 Å². The van der Waals surface area contributed by atoms with Gasteiger partial charge in [-0.05, 0) is 30.3 Å². The van der Waals surface area contributed by atoms with Crippen LogP contribution in [0, 0.1) is 0 Å². The fourth-order valence-electron chi connectivity index (χ4n) is 1.68. The van der Waals surface area contributed by atoms with Crippen LogP contribution in [0.15, 0.2) is 41.4 Å². The number of rotatable bonds is 3. The molecule has 0 amide bonds. The minimum Gasteiger partial charge on any atom is -0.477 e. The Hall–Kier alpha value is -1.79. The van der Waals surface area contributed by atoms with E-state index in [1.807, 2.05) is 0 Å². The van der Waals surface area contributed by atoms with E-state index in [9.17, 15) is 13.2 Å². The molecule has 1 N–H and O–H groups in total. The smallest absolute Gasteiger partial charge is 0.352 e. The molecule has 0 aliphatic heterocycles. The minimum atomic E-state index is -3.35. The molecule has 0 atom stereocenters. The van der Waals surface area contributed by atoms with Gasteiger partial charge in [-0.25, -0.2) is 13.2 Å². The summed E-state index contributed by atoms with van der Waals surface area (Å²) < 4.78 is 24.2. The van der Waals surface area contributed by atoms with Gasteiger partial charge >= 0.3 is 5.97 Å². The number of carboxylic acid groups (broad SMARTS) is 1. The lowest BCUT2D eigenvalue weighted by Crippen LogP contribution is -2.06. The Kier molecular flexibility index (Phi) is 3.38. The summed E-state index contributed by atoms with van der Waals surface area (Å²) in [5.74, 6) is -1.09. The number of benzene rings is 1. The third-order valence-electron chi connectivity index (χ3n) is 2.57. The topological polar surface area (TPSA) is 76.4 Å². The van der Waals surface area contributed by atoms with E-state index in [1.165, 1.54) is 28.8 Å². The SMILES string of the molecule is CS(=O)(=O)c1ccc(-n2cccc2C(=O)O)c(Cl)c1. The van der Waals surface area contributed by atoms with Crippen LogP contribution in [-0.2, 0) is 9.84 Å². The fraction of sp³-hybridized carbons (Fsp3) is 0.0833. The molecule has 0 bridgehead atoms. The molecule has 0 fully saturated rings. The first kappa shape index (κ1) is 13.6. The van der Waals surface area contributed by atoms with E-state index in [4.69, 9.17) is 16.7 Å². The largest absolute Gasteiger partial charge is 0.477 e. The second-order valence-electron chi connectivity index (χ2n) is 3.95. The molecule has 0 unspecified atom stereocenters. The molecular formula is C12H10ClNO4S. The maximum absolute atomic E-state index is 11.4. The van der Waals surface area contributed by atoms with Crippen LogP contribution < -0.4 is 0 Å². The van der Waals surface area contributed by atoms with Crippen molar-refractivity contribution in [3.05, 3.63) is 47.2 Å². The highest BCUT2D eigenvalue weighted by Gasteiger charge is 2.15. The third-order valence-corrected chi connectivity index (χ3v) is 3.99. The number of carbonyl (C=O) groups is 1. The molecule has 0 spiro atoms. The molecule has 19 heavy (non-hydrogen) atoms. The van der Waals surface area contributed by atoms with E-state index < -0.39 is 15.8 Å². The predicted molar refractivity (Wildman–Crippen MR) is 70.8 cm³/mol. The average molecular weight is 300 g/mol. The first-order valence-electron chi connectivity index (χ1n) is 5.21. The van der Waals surface area contributed by atoms with E-state index in [-0.39, 0.29) is 15.6 Å². The predicted octanol–water partition coefficient (Wildman–Crippen LogP) is 2.23. The zero-order chi connectivity index (χ0) is 14.2. The van der Waals surface area contributed by atoms with E-state index in [0.717, 1.165) is 6.26 Å². The first-order chi connectivity index (χ1) is 8.80. The number of aromatic carboxylic acids is 1. The molecule has 2 aromatic rings. The monoisotopic (exact) mass is 299 g/mol. The summed E-state index contributed by atoms with van der Waals surface area (Å²) in [7, 11) is -3.35. The highest BCUT2D eigenvalue weighted by atomic mass is 35.5. The third kappa shape index (κ3) is 2.64. The number of halogens is 1. The van der Waals surface area contributed by atoms with Crippen molar-refractivity contribution in [1.29, 1.82) is 0 Å². The normalized spacial score (nSPS) is 11.5. The number of hydrogen-bond donors (Lipinski definition) is 1. The molecule has 0 saturated carbocycles. The minimum absolute atomic E-state index is 0.0500. The first-order valence-corrected chi connectivity index (χ1v) is 7.48. The van der Waals surface area contributed by atoms with Crippen molar-refractivity contribution in [1.82, 2.24) is 4.57 Å². The lowest BCUT2D eigenvalue weighted by atomic mass is 10.3. The Morgan fingerprint density at radius 3 is 2.53 bits per heavy atom. The van der Waals surface area contributed by atoms with Crippen molar-refractivity contribution < 1.29 is 18.3 Å². The van der Waals surface area contributed by atoms with Crippen molar-refractivity contribution in [2.24, 2.45) is 0 Å². The Morgan fingerprint density at radius 1 is 1.32 bits per heavy atom. The fourth-order valence-corrected chi connectivity index (χ4v) is 2.66. The summed E-state index contributed by atoms with van der Waals surface area (Å²) in [4.78, 5) is 11.1. The number of sulfone groups is 1. The van der Waals surface area contributed by atoms with Crippen molar-refractivity contribution in [2.75, 3.05) is 6.26 Å². The molecule has 7 heteroatoms. The van der Waals surface area contributed by atoms with Crippen molar-refractivity contribution in [3.8, 4) is 5.69 Å². The maximum atomic E-state index is 11.4. The van der Waals surface area contributed by atoms with Crippen LogP contribution >= 0.6 is 11.6 Å². The molecule has 0 aliphatic carbocycles. The Morgan fingerprint density at radius 2 is 2.00 bits per heavy atom. The second-order valence-corrected chi connectivity index (χ2v) is 6.38. The number of nitrogens with zero attached hydrogens (tertiary/aromatic N) is 1. The van der Waals surface area contributed by atoms with Gasteiger partial charge in [0.25, 0.3) is 0 Å². The Labute approximate surface area is 115 Å². The molecule has 0 aliphatic rings. The van der Waals surface area contributed by atoms with Gasteiger partial charge in [0.1, 0.15) is 5.69 Å². The van der Waals surface area contributed by atoms with Crippen LogP contribution in [0.2, 0.25) is 5.02 Å². The van der Waals surface area contributed by atoms with Gasteiger partial charge in [0.2, 0.25) is 0 Å². The van der Waals surface area contributed by atoms with Gasteiger partial charge in [0.15, 0.2) is 9.84 Å². The summed E-state index contributed by atoms with van der Waals surface area (Å²) in [6.07, 6.45) is 2.63. The van der Waals surface area contributed by atoms with Gasteiger partial charge in [-0.3, -0.25) is 0 Å². The lowest BCUT2D eigenvalue weighted by molar-refractivity contribution is 0.0688. The van der Waals surface area contributed by atoms with Crippen LogP contribution in [0.1, 0.15) is 10.5 Å². The molecule has 0 saturated heterocycles. The van der Waals surface area contributed by atoms with Gasteiger partial charge in [0, 0.05) is 12.5 Å². The molecule has 2 rings (SSSR count). The maximum Gasteiger partial charge on any atom is 0.352 e. The molecule has 1 aromatic carbocycles. The molecule has 0 radical (unpaired) electrons. The highest BCUT2D eigenvalue weighted by molar-refractivity contribution is 7.90. The molecular weight excluding hydrogens is 290 g/mol. The Balaban J connectivity index is 2.59. The van der Waals surface area contributed by atoms with Crippen LogP contribution in [-0.4, -0.2) is 30.3 Å². The summed E-state index contributed by atoms with van der Waals surface area (Å²) in [6, 6.07) is 7.18. The van der Waals surface area contributed by atoms with Crippen LogP contribution in [0.3, 0.4) is 0 Å². The second kappa shape index (κ2) is 4.71. The van der Waals surface area contributed by atoms with Gasteiger partial charge in [-0.1, -0.05) is 11.6 Å². The summed E-state index contributed by atoms with van der Waals surface area (Å²) in [5, 5.41) is 9.20. The van der Waals surface area contributed by atoms with Gasteiger partial charge in [0.05, 0.1) is 15.6 Å². The van der Waals surface area contributed by atoms with Crippen LogP contribution in [0.4, 0.5) is 0 Å². The molecule has 100 valence electrons. The lowest BCUT2D eigenvalue weighted by Gasteiger charge is -2.09. The molecule has 1 heterocycles. The highest BCUT2D eigenvalue weighted by Crippen LogP contribution is 2.25. The zero-order valence-corrected chi connectivity index (χ0v) is 11.4. The Bertz CT molecular complexity index is 749. The standard InChI is InChI=1S/C12H10ClNO4S/c1-19(17,18)8-4-5-10(9(13)7-8)14-6-2-3-11(14)12(15)16/h2-7H,1H3,(H,15,16). The number of aromatic nitrogens is 1. The quantitative estimate of drug-likeness (QED) is 0.943. The van der Waals surface area contributed by atoms with Crippen LogP contribution in [0.5, 0.6) is 0 Å². The summed E-state index contributed by atoms with van der Waals surface area (Å²) in [5.41, 5.74) is 0.463. The summed E-state index contributed by atoms with van der Waals surface area (Å²) >= 11 is 6.03. The number of carboxylic acids is 1. The van der Waals surface area contributed by atoms with Gasteiger partial charge in [-0.15, -0.1) is 0 Å². The van der Waals surface area contributed by atoms with E-state index in [1.54, 1.807) is 12.3 Å². The summed E-state index contributed by atoms with van der Waals surface area (Å²) in [6.45, 7) is 0. The number of hydrogen-bond acceptors (Lipinski definition) is 3. The molecule has 5 nitrogen and oxygen atoms in total. The average Bonchev–Trinajstić information content (AvgIpc) is 2.76. The van der Waals surface area contributed by atoms with Gasteiger partial charge < -0.3 is 9.67 Å².